The Labute approximate surface area is 84.6 Å². The molecule has 1 rings (SSSR count). The number of nitrogens with two attached hydrogens (primary N) is 1. The van der Waals surface area contributed by atoms with Gasteiger partial charge in [0.25, 0.3) is 5.91 Å². The third-order valence-corrected chi connectivity index (χ3v) is 1.78. The summed E-state index contributed by atoms with van der Waals surface area (Å²) in [6, 6.07) is 2.04. The van der Waals surface area contributed by atoms with Gasteiger partial charge in [0.2, 0.25) is 0 Å². The molecule has 0 aliphatic carbocycles. The predicted octanol–water partition coefficient (Wildman–Crippen LogP) is -0.176. The molecule has 0 heterocycles. The van der Waals surface area contributed by atoms with Gasteiger partial charge in [-0.2, -0.15) is 0 Å². The van der Waals surface area contributed by atoms with Crippen LogP contribution in [0.3, 0.4) is 0 Å². The van der Waals surface area contributed by atoms with Crippen LogP contribution in [0, 0.1) is 0 Å². The lowest BCUT2D eigenvalue weighted by Crippen LogP contribution is -2.12. The van der Waals surface area contributed by atoms with Gasteiger partial charge in [-0.3, -0.25) is 9.59 Å². The summed E-state index contributed by atoms with van der Waals surface area (Å²) < 4.78 is 0. The molecule has 1 aromatic carbocycles. The average Bonchev–Trinajstić information content (AvgIpc) is 2.09. The molecule has 0 atom stereocenters. The Morgan fingerprint density at radius 1 is 1.27 bits per heavy atom. The van der Waals surface area contributed by atoms with E-state index in [0.717, 1.165) is 12.1 Å². The number of aromatic hydroxyl groups is 2. The second-order valence-corrected chi connectivity index (χ2v) is 2.94. The molecule has 1 amide bonds. The van der Waals surface area contributed by atoms with E-state index in [-0.39, 0.29) is 16.9 Å². The van der Waals surface area contributed by atoms with Gasteiger partial charge in [-0.1, -0.05) is 0 Å². The Bertz CT molecular complexity index is 427. The van der Waals surface area contributed by atoms with Gasteiger partial charge in [0.1, 0.15) is 11.5 Å². The SMILES string of the molecule is NC(=O)c1cc(O)cc(CC(=O)O)c1O. The van der Waals surface area contributed by atoms with Crippen LogP contribution in [0.25, 0.3) is 0 Å². The Morgan fingerprint density at radius 2 is 1.87 bits per heavy atom. The molecule has 0 aromatic heterocycles. The molecule has 0 unspecified atom stereocenters. The molecule has 0 spiro atoms. The fourth-order valence-electron chi connectivity index (χ4n) is 1.16. The number of phenolic OH excluding ortho intramolecular Hbond substituents is 1. The van der Waals surface area contributed by atoms with Crippen molar-refractivity contribution in [3.05, 3.63) is 23.3 Å². The topological polar surface area (TPSA) is 121 Å². The molecule has 80 valence electrons. The molecule has 0 fully saturated rings. The van der Waals surface area contributed by atoms with Gasteiger partial charge >= 0.3 is 5.97 Å². The number of hydrogen-bond acceptors (Lipinski definition) is 4. The van der Waals surface area contributed by atoms with Crippen molar-refractivity contribution in [1.29, 1.82) is 0 Å². The third kappa shape index (κ3) is 2.37. The summed E-state index contributed by atoms with van der Waals surface area (Å²) in [4.78, 5) is 21.2. The van der Waals surface area contributed by atoms with E-state index in [9.17, 15) is 14.7 Å². The molecule has 0 aliphatic rings. The van der Waals surface area contributed by atoms with Gasteiger partial charge in [0, 0.05) is 5.56 Å². The van der Waals surface area contributed by atoms with E-state index in [1.165, 1.54) is 0 Å². The number of phenols is 2. The Balaban J connectivity index is 3.28. The zero-order valence-corrected chi connectivity index (χ0v) is 7.60. The maximum absolute atomic E-state index is 10.8. The third-order valence-electron chi connectivity index (χ3n) is 1.78. The van der Waals surface area contributed by atoms with Gasteiger partial charge in [0.05, 0.1) is 12.0 Å². The second kappa shape index (κ2) is 3.87. The minimum absolute atomic E-state index is 0.0590. The summed E-state index contributed by atoms with van der Waals surface area (Å²) in [5, 5.41) is 27.1. The maximum atomic E-state index is 10.8. The van der Waals surface area contributed by atoms with Crippen molar-refractivity contribution in [2.75, 3.05) is 0 Å². The lowest BCUT2D eigenvalue weighted by atomic mass is 10.0. The number of amides is 1. The van der Waals surface area contributed by atoms with Crippen LogP contribution in [0.4, 0.5) is 0 Å². The Kier molecular flexibility index (Phi) is 2.80. The number of carboxylic acid groups (broad SMARTS) is 1. The van der Waals surface area contributed by atoms with Crippen molar-refractivity contribution in [2.45, 2.75) is 6.42 Å². The number of primary amides is 1. The van der Waals surface area contributed by atoms with E-state index in [1.807, 2.05) is 0 Å². The lowest BCUT2D eigenvalue weighted by molar-refractivity contribution is -0.136. The van der Waals surface area contributed by atoms with Crippen molar-refractivity contribution < 1.29 is 24.9 Å². The van der Waals surface area contributed by atoms with Crippen LogP contribution in [0.2, 0.25) is 0 Å². The summed E-state index contributed by atoms with van der Waals surface area (Å²) in [6.45, 7) is 0. The molecular formula is C9H9NO5. The molecule has 15 heavy (non-hydrogen) atoms. The predicted molar refractivity (Wildman–Crippen MR) is 49.6 cm³/mol. The van der Waals surface area contributed by atoms with Crippen molar-refractivity contribution >= 4 is 11.9 Å². The maximum Gasteiger partial charge on any atom is 0.307 e. The van der Waals surface area contributed by atoms with Gasteiger partial charge in [-0.15, -0.1) is 0 Å². The highest BCUT2D eigenvalue weighted by atomic mass is 16.4. The van der Waals surface area contributed by atoms with Crippen LogP contribution in [-0.4, -0.2) is 27.2 Å². The van der Waals surface area contributed by atoms with Crippen LogP contribution in [0.15, 0.2) is 12.1 Å². The number of carbonyl (C=O) groups excluding carboxylic acids is 1. The first-order valence-electron chi connectivity index (χ1n) is 3.98. The normalized spacial score (nSPS) is 9.87. The monoisotopic (exact) mass is 211 g/mol. The van der Waals surface area contributed by atoms with Crippen LogP contribution < -0.4 is 5.73 Å². The Hall–Kier alpha value is -2.24. The van der Waals surface area contributed by atoms with Crippen LogP contribution in [-0.2, 0) is 11.2 Å². The zero-order chi connectivity index (χ0) is 11.6. The smallest absolute Gasteiger partial charge is 0.307 e. The number of carboxylic acids is 1. The summed E-state index contributed by atoms with van der Waals surface area (Å²) in [6.07, 6.45) is -0.499. The number of hydrogen-bond donors (Lipinski definition) is 4. The summed E-state index contributed by atoms with van der Waals surface area (Å²) in [5.74, 6) is -2.96. The Morgan fingerprint density at radius 3 is 2.33 bits per heavy atom. The molecule has 0 aliphatic heterocycles. The van der Waals surface area contributed by atoms with Crippen LogP contribution in [0.5, 0.6) is 11.5 Å². The highest BCUT2D eigenvalue weighted by molar-refractivity contribution is 5.96. The van der Waals surface area contributed by atoms with Crippen molar-refractivity contribution in [3.8, 4) is 11.5 Å². The number of benzene rings is 1. The van der Waals surface area contributed by atoms with E-state index in [4.69, 9.17) is 15.9 Å². The second-order valence-electron chi connectivity index (χ2n) is 2.94. The number of rotatable bonds is 3. The van der Waals surface area contributed by atoms with Gasteiger partial charge in [-0.05, 0) is 12.1 Å². The minimum atomic E-state index is -1.19. The quantitative estimate of drug-likeness (QED) is 0.517. The zero-order valence-electron chi connectivity index (χ0n) is 7.60. The average molecular weight is 211 g/mol. The first-order chi connectivity index (χ1) is 6.91. The number of aliphatic carboxylic acids is 1. The highest BCUT2D eigenvalue weighted by Crippen LogP contribution is 2.27. The van der Waals surface area contributed by atoms with E-state index < -0.39 is 24.0 Å². The minimum Gasteiger partial charge on any atom is -0.508 e. The van der Waals surface area contributed by atoms with E-state index >= 15 is 0 Å². The fraction of sp³-hybridized carbons (Fsp3) is 0.111. The first kappa shape index (κ1) is 10.8. The summed E-state index contributed by atoms with van der Waals surface area (Å²) >= 11 is 0. The highest BCUT2D eigenvalue weighted by Gasteiger charge is 2.15. The van der Waals surface area contributed by atoms with E-state index in [1.54, 1.807) is 0 Å². The molecule has 0 bridgehead atoms. The first-order valence-corrected chi connectivity index (χ1v) is 3.98. The molecule has 6 nitrogen and oxygen atoms in total. The number of carbonyl (C=O) groups is 2. The van der Waals surface area contributed by atoms with Crippen molar-refractivity contribution in [1.82, 2.24) is 0 Å². The summed E-state index contributed by atoms with van der Waals surface area (Å²) in [7, 11) is 0. The summed E-state index contributed by atoms with van der Waals surface area (Å²) in [5.41, 5.74) is 4.57. The molecule has 0 saturated carbocycles. The molecule has 6 heteroatoms. The van der Waals surface area contributed by atoms with Gasteiger partial charge < -0.3 is 21.1 Å². The van der Waals surface area contributed by atoms with Crippen molar-refractivity contribution in [2.24, 2.45) is 5.73 Å². The van der Waals surface area contributed by atoms with Gasteiger partial charge in [0.15, 0.2) is 0 Å². The molecule has 0 saturated heterocycles. The standard InChI is InChI=1S/C9H9NO5/c10-9(15)6-3-5(11)1-4(8(6)14)2-7(12)13/h1,3,11,14H,2H2,(H2,10,15)(H,12,13). The van der Waals surface area contributed by atoms with Crippen LogP contribution in [0.1, 0.15) is 15.9 Å². The van der Waals surface area contributed by atoms with Crippen molar-refractivity contribution in [3.63, 3.8) is 0 Å². The lowest BCUT2D eigenvalue weighted by Gasteiger charge is -2.06. The molecular weight excluding hydrogens is 202 g/mol. The molecule has 0 radical (unpaired) electrons. The van der Waals surface area contributed by atoms with Gasteiger partial charge in [-0.25, -0.2) is 0 Å². The van der Waals surface area contributed by atoms with E-state index in [2.05, 4.69) is 0 Å². The largest absolute Gasteiger partial charge is 0.508 e. The molecule has 1 aromatic rings. The fourth-order valence-corrected chi connectivity index (χ4v) is 1.16. The molecule has 5 N–H and O–H groups in total. The van der Waals surface area contributed by atoms with E-state index in [0.29, 0.717) is 0 Å². The van der Waals surface area contributed by atoms with Crippen LogP contribution >= 0.6 is 0 Å².